The number of rotatable bonds is 2. The van der Waals surface area contributed by atoms with Crippen LogP contribution in [0, 0.1) is 5.82 Å². The lowest BCUT2D eigenvalue weighted by atomic mass is 10.1. The lowest BCUT2D eigenvalue weighted by Gasteiger charge is -2.16. The van der Waals surface area contributed by atoms with Crippen molar-refractivity contribution in [1.29, 1.82) is 0 Å². The molecule has 1 aromatic carbocycles. The summed E-state index contributed by atoms with van der Waals surface area (Å²) in [6.07, 6.45) is 7.10. The van der Waals surface area contributed by atoms with Gasteiger partial charge in [0.25, 0.3) is 0 Å². The first kappa shape index (κ1) is 13.0. The Morgan fingerprint density at radius 3 is 2.60 bits per heavy atom. The molecule has 5 nitrogen and oxygen atoms in total. The van der Waals surface area contributed by atoms with E-state index in [2.05, 4.69) is 15.5 Å². The molecule has 0 spiro atoms. The molecule has 1 saturated carbocycles. The smallest absolute Gasteiger partial charge is 0.184 e. The topological polar surface area (TPSA) is 69.6 Å². The summed E-state index contributed by atoms with van der Waals surface area (Å²) in [4.78, 5) is 0. The minimum absolute atomic E-state index is 0.312. The molecule has 3 rings (SSSR count). The molecule has 0 atom stereocenters. The average Bonchev–Trinajstić information content (AvgIpc) is 2.74. The third-order valence-corrected chi connectivity index (χ3v) is 3.92. The van der Waals surface area contributed by atoms with E-state index in [4.69, 9.17) is 5.73 Å². The van der Waals surface area contributed by atoms with Crippen molar-refractivity contribution < 1.29 is 4.39 Å². The summed E-state index contributed by atoms with van der Waals surface area (Å²) in [6, 6.07) is 4.65. The molecule has 1 aromatic heterocycles. The normalized spacial score (nSPS) is 17.1. The highest BCUT2D eigenvalue weighted by Crippen LogP contribution is 2.31. The Morgan fingerprint density at radius 1 is 1.15 bits per heavy atom. The van der Waals surface area contributed by atoms with Gasteiger partial charge in [-0.3, -0.25) is 0 Å². The Kier molecular flexibility index (Phi) is 3.62. The Labute approximate surface area is 117 Å². The number of aromatic nitrogens is 4. The zero-order chi connectivity index (χ0) is 13.9. The molecular formula is C14H18FN5. The maximum atomic E-state index is 13.2. The van der Waals surface area contributed by atoms with Gasteiger partial charge in [0.1, 0.15) is 5.82 Å². The van der Waals surface area contributed by atoms with Crippen molar-refractivity contribution in [3.05, 3.63) is 24.0 Å². The van der Waals surface area contributed by atoms with Gasteiger partial charge in [0.05, 0.1) is 6.04 Å². The Bertz CT molecular complexity index is 587. The summed E-state index contributed by atoms with van der Waals surface area (Å²) in [5.74, 6) is 0.286. The van der Waals surface area contributed by atoms with Crippen LogP contribution in [0.3, 0.4) is 0 Å². The zero-order valence-electron chi connectivity index (χ0n) is 11.3. The molecule has 1 fully saturated rings. The highest BCUT2D eigenvalue weighted by molar-refractivity contribution is 5.71. The van der Waals surface area contributed by atoms with E-state index >= 15 is 0 Å². The highest BCUT2D eigenvalue weighted by atomic mass is 19.1. The Morgan fingerprint density at radius 2 is 1.90 bits per heavy atom. The van der Waals surface area contributed by atoms with E-state index in [1.807, 2.05) is 4.68 Å². The molecule has 0 amide bonds. The monoisotopic (exact) mass is 275 g/mol. The third-order valence-electron chi connectivity index (χ3n) is 3.92. The summed E-state index contributed by atoms with van der Waals surface area (Å²) in [7, 11) is 0. The van der Waals surface area contributed by atoms with Gasteiger partial charge >= 0.3 is 0 Å². The SMILES string of the molecule is Nc1cc(F)ccc1-c1nnnn1C1CCCCCC1. The van der Waals surface area contributed by atoms with E-state index in [1.165, 1.54) is 37.8 Å². The van der Waals surface area contributed by atoms with Crippen LogP contribution < -0.4 is 5.73 Å². The number of hydrogen-bond acceptors (Lipinski definition) is 4. The van der Waals surface area contributed by atoms with Gasteiger partial charge in [0.2, 0.25) is 0 Å². The maximum absolute atomic E-state index is 13.2. The molecule has 0 aliphatic heterocycles. The van der Waals surface area contributed by atoms with Crippen LogP contribution in [0.2, 0.25) is 0 Å². The maximum Gasteiger partial charge on any atom is 0.184 e. The molecule has 6 heteroatoms. The Hall–Kier alpha value is -1.98. The third kappa shape index (κ3) is 2.50. The predicted molar refractivity (Wildman–Crippen MR) is 74.4 cm³/mol. The fraction of sp³-hybridized carbons (Fsp3) is 0.500. The molecule has 2 aromatic rings. The van der Waals surface area contributed by atoms with Crippen LogP contribution >= 0.6 is 0 Å². The second-order valence-electron chi connectivity index (χ2n) is 5.32. The predicted octanol–water partition coefficient (Wildman–Crippen LogP) is 2.96. The number of nitrogens with zero attached hydrogens (tertiary/aromatic N) is 4. The molecule has 1 aliphatic rings. The summed E-state index contributed by atoms with van der Waals surface area (Å²) >= 11 is 0. The minimum Gasteiger partial charge on any atom is -0.398 e. The lowest BCUT2D eigenvalue weighted by Crippen LogP contribution is -2.12. The van der Waals surface area contributed by atoms with Gasteiger partial charge in [-0.2, -0.15) is 0 Å². The average molecular weight is 275 g/mol. The highest BCUT2D eigenvalue weighted by Gasteiger charge is 2.21. The summed E-state index contributed by atoms with van der Waals surface area (Å²) in [5, 5.41) is 12.0. The van der Waals surface area contributed by atoms with Crippen LogP contribution in [0.15, 0.2) is 18.2 Å². The molecule has 1 aliphatic carbocycles. The van der Waals surface area contributed by atoms with Crippen LogP contribution in [0.4, 0.5) is 10.1 Å². The number of nitrogens with two attached hydrogens (primary N) is 1. The van der Waals surface area contributed by atoms with E-state index in [1.54, 1.807) is 6.07 Å². The van der Waals surface area contributed by atoms with Gasteiger partial charge in [0.15, 0.2) is 5.82 Å². The van der Waals surface area contributed by atoms with Crippen molar-refractivity contribution in [2.24, 2.45) is 0 Å². The quantitative estimate of drug-likeness (QED) is 0.675. The van der Waals surface area contributed by atoms with Gasteiger partial charge in [0, 0.05) is 11.3 Å². The molecule has 0 unspecified atom stereocenters. The van der Waals surface area contributed by atoms with Crippen molar-refractivity contribution in [2.45, 2.75) is 44.6 Å². The minimum atomic E-state index is -0.347. The second kappa shape index (κ2) is 5.56. The van der Waals surface area contributed by atoms with Gasteiger partial charge in [-0.05, 0) is 41.5 Å². The molecule has 0 saturated heterocycles. The second-order valence-corrected chi connectivity index (χ2v) is 5.32. The van der Waals surface area contributed by atoms with Gasteiger partial charge in [-0.25, -0.2) is 9.07 Å². The summed E-state index contributed by atoms with van der Waals surface area (Å²) < 4.78 is 15.0. The van der Waals surface area contributed by atoms with Crippen LogP contribution in [0.25, 0.3) is 11.4 Å². The first-order valence-electron chi connectivity index (χ1n) is 7.09. The fourth-order valence-electron chi connectivity index (χ4n) is 2.86. The van der Waals surface area contributed by atoms with Crippen molar-refractivity contribution in [2.75, 3.05) is 5.73 Å². The van der Waals surface area contributed by atoms with Crippen LogP contribution in [-0.4, -0.2) is 20.2 Å². The van der Waals surface area contributed by atoms with Gasteiger partial charge < -0.3 is 5.73 Å². The van der Waals surface area contributed by atoms with Crippen LogP contribution in [0.5, 0.6) is 0 Å². The Balaban J connectivity index is 1.96. The molecule has 0 radical (unpaired) electrons. The van der Waals surface area contributed by atoms with Gasteiger partial charge in [-0.1, -0.05) is 25.7 Å². The van der Waals surface area contributed by atoms with E-state index in [9.17, 15) is 4.39 Å². The van der Waals surface area contributed by atoms with E-state index in [0.717, 1.165) is 12.8 Å². The number of hydrogen-bond donors (Lipinski definition) is 1. The molecular weight excluding hydrogens is 257 g/mol. The largest absolute Gasteiger partial charge is 0.398 e. The first-order valence-corrected chi connectivity index (χ1v) is 7.09. The lowest BCUT2D eigenvalue weighted by molar-refractivity contribution is 0.400. The number of tetrazole rings is 1. The molecule has 0 bridgehead atoms. The van der Waals surface area contributed by atoms with Crippen molar-refractivity contribution in [3.8, 4) is 11.4 Å². The fourth-order valence-corrected chi connectivity index (χ4v) is 2.86. The van der Waals surface area contributed by atoms with Crippen molar-refractivity contribution in [1.82, 2.24) is 20.2 Å². The summed E-state index contributed by atoms with van der Waals surface area (Å²) in [6.45, 7) is 0. The molecule has 2 N–H and O–H groups in total. The number of benzene rings is 1. The standard InChI is InChI=1S/C14H18FN5/c15-10-7-8-12(13(16)9-10)14-17-18-19-20(14)11-5-3-1-2-4-6-11/h7-9,11H,1-6,16H2. The number of nitrogen functional groups attached to an aromatic ring is 1. The van der Waals surface area contributed by atoms with E-state index < -0.39 is 0 Å². The first-order chi connectivity index (χ1) is 9.75. The van der Waals surface area contributed by atoms with E-state index in [0.29, 0.717) is 23.1 Å². The van der Waals surface area contributed by atoms with Crippen molar-refractivity contribution >= 4 is 5.69 Å². The van der Waals surface area contributed by atoms with Crippen LogP contribution in [0.1, 0.15) is 44.6 Å². The number of halogens is 1. The molecule has 1 heterocycles. The molecule has 106 valence electrons. The zero-order valence-corrected chi connectivity index (χ0v) is 11.3. The van der Waals surface area contributed by atoms with Gasteiger partial charge in [-0.15, -0.1) is 5.10 Å². The van der Waals surface area contributed by atoms with Crippen molar-refractivity contribution in [3.63, 3.8) is 0 Å². The van der Waals surface area contributed by atoms with E-state index in [-0.39, 0.29) is 5.82 Å². The van der Waals surface area contributed by atoms with Crippen LogP contribution in [-0.2, 0) is 0 Å². The molecule has 20 heavy (non-hydrogen) atoms. The number of anilines is 1. The summed E-state index contributed by atoms with van der Waals surface area (Å²) in [5.41, 5.74) is 6.96.